The number of amides is 2. The normalized spacial score (nSPS) is 24.5. The van der Waals surface area contributed by atoms with Gasteiger partial charge in [-0.25, -0.2) is 0 Å². The lowest BCUT2D eigenvalue weighted by Crippen LogP contribution is -2.30. The molecule has 2 aromatic rings. The molecule has 1 saturated heterocycles. The van der Waals surface area contributed by atoms with Crippen molar-refractivity contribution in [2.24, 2.45) is 11.8 Å². The minimum atomic E-state index is -0.0505. The van der Waals surface area contributed by atoms with Gasteiger partial charge >= 0.3 is 0 Å². The average molecular weight is 353 g/mol. The van der Waals surface area contributed by atoms with Crippen molar-refractivity contribution in [1.82, 2.24) is 10.1 Å². The highest BCUT2D eigenvalue weighted by Crippen LogP contribution is 2.38. The van der Waals surface area contributed by atoms with Crippen LogP contribution >= 0.6 is 0 Å². The number of hydrogen-bond donors (Lipinski definition) is 1. The van der Waals surface area contributed by atoms with Gasteiger partial charge in [0.15, 0.2) is 0 Å². The number of aromatic nitrogens is 1. The van der Waals surface area contributed by atoms with E-state index in [9.17, 15) is 9.59 Å². The molecule has 1 aromatic heterocycles. The van der Waals surface area contributed by atoms with E-state index in [1.807, 2.05) is 30.0 Å². The first-order chi connectivity index (χ1) is 12.5. The number of anilines is 1. The molecule has 0 spiro atoms. The zero-order valence-electron chi connectivity index (χ0n) is 15.1. The molecule has 0 bridgehead atoms. The van der Waals surface area contributed by atoms with Crippen LogP contribution in [0.25, 0.3) is 0 Å². The van der Waals surface area contributed by atoms with Gasteiger partial charge in [-0.1, -0.05) is 18.1 Å². The summed E-state index contributed by atoms with van der Waals surface area (Å²) in [5.74, 6) is 1.31. The van der Waals surface area contributed by atoms with Crippen LogP contribution in [0.5, 0.6) is 0 Å². The second-order valence-corrected chi connectivity index (χ2v) is 7.41. The number of nitrogens with one attached hydrogen (secondary N) is 1. The van der Waals surface area contributed by atoms with Crippen molar-refractivity contribution in [3.8, 4) is 0 Å². The Labute approximate surface area is 152 Å². The van der Waals surface area contributed by atoms with E-state index in [4.69, 9.17) is 4.52 Å². The minimum absolute atomic E-state index is 0.0379. The molecule has 2 aliphatic rings. The standard InChI is InChI=1S/C20H23N3O3/c1-12-9-16(12)19(24)21-15-6-3-5-14(11-15)20(25)23-8-4-7-18(23)17-10-13(2)26-22-17/h3,5-6,10-12,16,18H,4,7-9H2,1-2H3,(H,21,24). The predicted molar refractivity (Wildman–Crippen MR) is 96.6 cm³/mol. The molecule has 26 heavy (non-hydrogen) atoms. The molecule has 3 unspecified atom stereocenters. The van der Waals surface area contributed by atoms with Gasteiger partial charge in [0, 0.05) is 29.8 Å². The van der Waals surface area contributed by atoms with Gasteiger partial charge in [0.1, 0.15) is 11.5 Å². The lowest BCUT2D eigenvalue weighted by atomic mass is 10.1. The van der Waals surface area contributed by atoms with Crippen LogP contribution in [-0.4, -0.2) is 28.4 Å². The van der Waals surface area contributed by atoms with Crippen LogP contribution in [0.4, 0.5) is 5.69 Å². The first-order valence-electron chi connectivity index (χ1n) is 9.18. The van der Waals surface area contributed by atoms with Crippen LogP contribution in [0.15, 0.2) is 34.9 Å². The predicted octanol–water partition coefficient (Wildman–Crippen LogP) is 3.55. The SMILES string of the molecule is Cc1cc(C2CCCN2C(=O)c2cccc(NC(=O)C3CC3C)c2)no1. The molecular formula is C20H23N3O3. The van der Waals surface area contributed by atoms with Crippen LogP contribution < -0.4 is 5.32 Å². The summed E-state index contributed by atoms with van der Waals surface area (Å²) in [7, 11) is 0. The van der Waals surface area contributed by atoms with Crippen LogP contribution in [0.2, 0.25) is 0 Å². The van der Waals surface area contributed by atoms with E-state index in [0.717, 1.165) is 30.7 Å². The molecule has 1 aromatic carbocycles. The molecule has 1 aliphatic carbocycles. The van der Waals surface area contributed by atoms with E-state index >= 15 is 0 Å². The number of carbonyl (C=O) groups excluding carboxylic acids is 2. The maximum Gasteiger partial charge on any atom is 0.254 e. The van der Waals surface area contributed by atoms with E-state index in [0.29, 0.717) is 23.7 Å². The summed E-state index contributed by atoms with van der Waals surface area (Å²) in [6.45, 7) is 4.62. The summed E-state index contributed by atoms with van der Waals surface area (Å²) in [6.07, 6.45) is 2.77. The van der Waals surface area contributed by atoms with Gasteiger partial charge in [-0.3, -0.25) is 9.59 Å². The molecule has 3 atom stereocenters. The number of aryl methyl sites for hydroxylation is 1. The van der Waals surface area contributed by atoms with Crippen LogP contribution in [0, 0.1) is 18.8 Å². The number of hydrogen-bond acceptors (Lipinski definition) is 4. The highest BCUT2D eigenvalue weighted by Gasteiger charge is 2.39. The lowest BCUT2D eigenvalue weighted by molar-refractivity contribution is -0.117. The van der Waals surface area contributed by atoms with Gasteiger partial charge < -0.3 is 14.7 Å². The molecule has 6 heteroatoms. The third-order valence-electron chi connectivity index (χ3n) is 5.32. The van der Waals surface area contributed by atoms with Crippen molar-refractivity contribution in [2.45, 2.75) is 39.2 Å². The number of carbonyl (C=O) groups is 2. The Hall–Kier alpha value is -2.63. The third kappa shape index (κ3) is 3.23. The zero-order chi connectivity index (χ0) is 18.3. The number of nitrogens with zero attached hydrogens (tertiary/aromatic N) is 2. The van der Waals surface area contributed by atoms with Crippen molar-refractivity contribution in [1.29, 1.82) is 0 Å². The van der Waals surface area contributed by atoms with Gasteiger partial charge in [0.25, 0.3) is 5.91 Å². The maximum atomic E-state index is 13.0. The number of rotatable bonds is 4. The lowest BCUT2D eigenvalue weighted by Gasteiger charge is -2.23. The van der Waals surface area contributed by atoms with Gasteiger partial charge in [-0.2, -0.15) is 0 Å². The van der Waals surface area contributed by atoms with E-state index in [2.05, 4.69) is 17.4 Å². The first-order valence-corrected chi connectivity index (χ1v) is 9.18. The van der Waals surface area contributed by atoms with Crippen LogP contribution in [0.3, 0.4) is 0 Å². The van der Waals surface area contributed by atoms with E-state index in [1.54, 1.807) is 12.1 Å². The molecule has 2 fully saturated rings. The number of benzene rings is 1. The van der Waals surface area contributed by atoms with E-state index in [-0.39, 0.29) is 23.8 Å². The summed E-state index contributed by atoms with van der Waals surface area (Å²) in [5, 5.41) is 7.02. The van der Waals surface area contributed by atoms with Crippen LogP contribution in [-0.2, 0) is 4.79 Å². The summed E-state index contributed by atoms with van der Waals surface area (Å²) in [4.78, 5) is 27.0. The maximum absolute atomic E-state index is 13.0. The molecule has 1 saturated carbocycles. The molecular weight excluding hydrogens is 330 g/mol. The monoisotopic (exact) mass is 353 g/mol. The van der Waals surface area contributed by atoms with Crippen molar-refractivity contribution < 1.29 is 14.1 Å². The second kappa shape index (κ2) is 6.59. The quantitative estimate of drug-likeness (QED) is 0.912. The Morgan fingerprint density at radius 3 is 2.81 bits per heavy atom. The first kappa shape index (κ1) is 16.8. The molecule has 1 aliphatic heterocycles. The smallest absolute Gasteiger partial charge is 0.254 e. The Morgan fingerprint density at radius 1 is 1.31 bits per heavy atom. The van der Waals surface area contributed by atoms with Crippen molar-refractivity contribution in [2.75, 3.05) is 11.9 Å². The molecule has 4 rings (SSSR count). The zero-order valence-corrected chi connectivity index (χ0v) is 15.1. The molecule has 136 valence electrons. The third-order valence-corrected chi connectivity index (χ3v) is 5.32. The van der Waals surface area contributed by atoms with Gasteiger partial charge in [-0.15, -0.1) is 0 Å². The van der Waals surface area contributed by atoms with Gasteiger partial charge in [-0.05, 0) is 50.3 Å². The summed E-state index contributed by atoms with van der Waals surface area (Å²) in [5.41, 5.74) is 2.06. The Balaban J connectivity index is 1.50. The summed E-state index contributed by atoms with van der Waals surface area (Å²) < 4.78 is 5.18. The topological polar surface area (TPSA) is 75.4 Å². The van der Waals surface area contributed by atoms with Crippen molar-refractivity contribution >= 4 is 17.5 Å². The summed E-state index contributed by atoms with van der Waals surface area (Å²) >= 11 is 0. The highest BCUT2D eigenvalue weighted by atomic mass is 16.5. The van der Waals surface area contributed by atoms with Crippen molar-refractivity contribution in [3.63, 3.8) is 0 Å². The minimum Gasteiger partial charge on any atom is -0.361 e. The largest absolute Gasteiger partial charge is 0.361 e. The molecule has 2 heterocycles. The molecule has 2 amide bonds. The number of likely N-dealkylation sites (tertiary alicyclic amines) is 1. The Kier molecular flexibility index (Phi) is 4.26. The molecule has 1 N–H and O–H groups in total. The second-order valence-electron chi connectivity index (χ2n) is 7.41. The van der Waals surface area contributed by atoms with Crippen molar-refractivity contribution in [3.05, 3.63) is 47.3 Å². The molecule has 0 radical (unpaired) electrons. The highest BCUT2D eigenvalue weighted by molar-refractivity contribution is 5.98. The Morgan fingerprint density at radius 2 is 2.12 bits per heavy atom. The van der Waals surface area contributed by atoms with Crippen LogP contribution in [0.1, 0.15) is 54.0 Å². The van der Waals surface area contributed by atoms with Gasteiger partial charge in [0.05, 0.1) is 6.04 Å². The van der Waals surface area contributed by atoms with Gasteiger partial charge in [0.2, 0.25) is 5.91 Å². The van der Waals surface area contributed by atoms with E-state index in [1.165, 1.54) is 0 Å². The Bertz CT molecular complexity index is 844. The fraction of sp³-hybridized carbons (Fsp3) is 0.450. The summed E-state index contributed by atoms with van der Waals surface area (Å²) in [6, 6.07) is 9.03. The fourth-order valence-electron chi connectivity index (χ4n) is 3.68. The fourth-order valence-corrected chi connectivity index (χ4v) is 3.68. The molecule has 6 nitrogen and oxygen atoms in total. The average Bonchev–Trinajstić information content (AvgIpc) is 3.00. The van der Waals surface area contributed by atoms with E-state index < -0.39 is 0 Å².